The van der Waals surface area contributed by atoms with Crippen molar-refractivity contribution in [1.29, 1.82) is 0 Å². The second-order valence-electron chi connectivity index (χ2n) is 5.64. The van der Waals surface area contributed by atoms with E-state index in [-0.39, 0.29) is 5.91 Å². The average molecular weight is 342 g/mol. The molecule has 1 amide bonds. The van der Waals surface area contributed by atoms with Crippen molar-refractivity contribution in [2.75, 3.05) is 5.32 Å². The quantitative estimate of drug-likeness (QED) is 0.712. The number of carbonyl (C=O) groups is 1. The number of hydrogen-bond acceptors (Lipinski definition) is 5. The third kappa shape index (κ3) is 3.33. The summed E-state index contributed by atoms with van der Waals surface area (Å²) in [6, 6.07) is 5.53. The minimum Gasteiger partial charge on any atom is -0.311 e. The van der Waals surface area contributed by atoms with Crippen LogP contribution in [0, 0.1) is 25.5 Å². The van der Waals surface area contributed by atoms with E-state index in [4.69, 9.17) is 12.2 Å². The molecule has 0 saturated heterocycles. The van der Waals surface area contributed by atoms with Crippen molar-refractivity contribution < 1.29 is 4.79 Å². The first-order valence-corrected chi connectivity index (χ1v) is 8.03. The molecule has 0 saturated carbocycles. The summed E-state index contributed by atoms with van der Waals surface area (Å²) in [5, 5.41) is 5.79. The summed E-state index contributed by atoms with van der Waals surface area (Å²) < 4.78 is 2.15. The number of aromatic nitrogens is 5. The van der Waals surface area contributed by atoms with Gasteiger partial charge >= 0.3 is 0 Å². The molecule has 0 radical (unpaired) electrons. The van der Waals surface area contributed by atoms with Gasteiger partial charge in [0, 0.05) is 23.5 Å². The predicted octanol–water partition coefficient (Wildman–Crippen LogP) is 2.68. The Morgan fingerprint density at radius 2 is 2.04 bits per heavy atom. The standard InChI is InChI=1S/C16H18N6OS/c1-9-5-4-6-13(17-9)19-14(23)8-7-12-10(2)18-15-20-16(24)21-22(15)11(12)3/h4-6H,7-8H2,1-3H3,(H,21,24)(H,17,19,23). The van der Waals surface area contributed by atoms with Crippen LogP contribution in [0.15, 0.2) is 18.2 Å². The Morgan fingerprint density at radius 1 is 1.25 bits per heavy atom. The lowest BCUT2D eigenvalue weighted by molar-refractivity contribution is -0.116. The zero-order valence-corrected chi connectivity index (χ0v) is 14.6. The van der Waals surface area contributed by atoms with E-state index in [1.165, 1.54) is 0 Å². The molecule has 124 valence electrons. The molecule has 0 unspecified atom stereocenters. The van der Waals surface area contributed by atoms with Crippen molar-refractivity contribution in [3.05, 3.63) is 45.6 Å². The van der Waals surface area contributed by atoms with E-state index in [1.54, 1.807) is 10.6 Å². The summed E-state index contributed by atoms with van der Waals surface area (Å²) in [4.78, 5) is 25.0. The normalized spacial score (nSPS) is 11.0. The second-order valence-corrected chi connectivity index (χ2v) is 6.02. The van der Waals surface area contributed by atoms with Gasteiger partial charge in [-0.15, -0.1) is 0 Å². The zero-order chi connectivity index (χ0) is 17.3. The molecule has 2 N–H and O–H groups in total. The third-order valence-corrected chi connectivity index (χ3v) is 4.03. The van der Waals surface area contributed by atoms with Crippen molar-refractivity contribution in [3.8, 4) is 0 Å². The van der Waals surface area contributed by atoms with Gasteiger partial charge < -0.3 is 5.32 Å². The maximum Gasteiger partial charge on any atom is 0.252 e. The van der Waals surface area contributed by atoms with Crippen molar-refractivity contribution in [1.82, 2.24) is 24.6 Å². The molecule has 24 heavy (non-hydrogen) atoms. The second kappa shape index (κ2) is 6.48. The van der Waals surface area contributed by atoms with Gasteiger partial charge in [0.15, 0.2) is 0 Å². The first-order valence-electron chi connectivity index (χ1n) is 7.62. The highest BCUT2D eigenvalue weighted by Gasteiger charge is 2.13. The first-order chi connectivity index (χ1) is 11.4. The molecule has 0 aromatic carbocycles. The topological polar surface area (TPSA) is 88.0 Å². The number of aromatic amines is 1. The highest BCUT2D eigenvalue weighted by molar-refractivity contribution is 7.71. The van der Waals surface area contributed by atoms with E-state index in [9.17, 15) is 4.79 Å². The molecule has 0 fully saturated rings. The summed E-state index contributed by atoms with van der Waals surface area (Å²) in [5.41, 5.74) is 3.70. The summed E-state index contributed by atoms with van der Waals surface area (Å²) in [5.74, 6) is 1.04. The van der Waals surface area contributed by atoms with E-state index < -0.39 is 0 Å². The van der Waals surface area contributed by atoms with Gasteiger partial charge in [0.1, 0.15) is 5.82 Å². The van der Waals surface area contributed by atoms with E-state index in [2.05, 4.69) is 25.4 Å². The van der Waals surface area contributed by atoms with Crippen LogP contribution in [-0.4, -0.2) is 30.5 Å². The van der Waals surface area contributed by atoms with Crippen LogP contribution in [0.3, 0.4) is 0 Å². The first kappa shape index (κ1) is 16.3. The minimum absolute atomic E-state index is 0.0782. The fourth-order valence-electron chi connectivity index (χ4n) is 2.65. The van der Waals surface area contributed by atoms with E-state index in [0.29, 0.717) is 29.2 Å². The lowest BCUT2D eigenvalue weighted by atomic mass is 10.1. The monoisotopic (exact) mass is 342 g/mol. The van der Waals surface area contributed by atoms with Gasteiger partial charge in [0.25, 0.3) is 5.78 Å². The minimum atomic E-state index is -0.0782. The lowest BCUT2D eigenvalue weighted by Gasteiger charge is -2.11. The van der Waals surface area contributed by atoms with Gasteiger partial charge in [-0.05, 0) is 57.1 Å². The Labute approximate surface area is 144 Å². The number of fused-ring (bicyclic) bond motifs is 1. The number of carbonyl (C=O) groups excluding carboxylic acids is 1. The number of rotatable bonds is 4. The summed E-state index contributed by atoms with van der Waals surface area (Å²) in [6.45, 7) is 5.77. The number of pyridine rings is 1. The van der Waals surface area contributed by atoms with Gasteiger partial charge in [-0.3, -0.25) is 9.89 Å². The Morgan fingerprint density at radius 3 is 2.79 bits per heavy atom. The van der Waals surface area contributed by atoms with Gasteiger partial charge in [-0.2, -0.15) is 4.98 Å². The van der Waals surface area contributed by atoms with Crippen LogP contribution in [0.5, 0.6) is 0 Å². The van der Waals surface area contributed by atoms with Crippen LogP contribution in [0.25, 0.3) is 5.78 Å². The summed E-state index contributed by atoms with van der Waals surface area (Å²) in [7, 11) is 0. The summed E-state index contributed by atoms with van der Waals surface area (Å²) >= 11 is 5.05. The smallest absolute Gasteiger partial charge is 0.252 e. The molecule has 0 spiro atoms. The Kier molecular flexibility index (Phi) is 4.39. The molecule has 0 aliphatic heterocycles. The van der Waals surface area contributed by atoms with E-state index >= 15 is 0 Å². The Bertz CT molecular complexity index is 974. The number of nitrogens with one attached hydrogen (secondary N) is 2. The molecule has 3 rings (SSSR count). The number of hydrogen-bond donors (Lipinski definition) is 2. The maximum absolute atomic E-state index is 12.2. The Balaban J connectivity index is 1.75. The molecule has 3 heterocycles. The van der Waals surface area contributed by atoms with Gasteiger partial charge in [0.2, 0.25) is 10.7 Å². The van der Waals surface area contributed by atoms with Gasteiger partial charge in [-0.25, -0.2) is 14.5 Å². The molecule has 3 aromatic heterocycles. The zero-order valence-electron chi connectivity index (χ0n) is 13.8. The molecule has 0 atom stereocenters. The molecular weight excluding hydrogens is 324 g/mol. The fourth-order valence-corrected chi connectivity index (χ4v) is 2.83. The SMILES string of the molecule is Cc1cccc(NC(=O)CCc2c(C)nc3nc(=S)[nH]n3c2C)n1. The number of aryl methyl sites for hydroxylation is 3. The average Bonchev–Trinajstić information content (AvgIpc) is 2.87. The van der Waals surface area contributed by atoms with Crippen molar-refractivity contribution in [2.24, 2.45) is 0 Å². The van der Waals surface area contributed by atoms with Crippen LogP contribution in [0.1, 0.15) is 29.1 Å². The molecule has 8 heteroatoms. The van der Waals surface area contributed by atoms with Crippen molar-refractivity contribution >= 4 is 29.7 Å². The van der Waals surface area contributed by atoms with Crippen molar-refractivity contribution in [2.45, 2.75) is 33.6 Å². The third-order valence-electron chi connectivity index (χ3n) is 3.84. The molecule has 3 aromatic rings. The fraction of sp³-hybridized carbons (Fsp3) is 0.312. The van der Waals surface area contributed by atoms with E-state index in [0.717, 1.165) is 22.6 Å². The predicted molar refractivity (Wildman–Crippen MR) is 93.6 cm³/mol. The molecule has 0 bridgehead atoms. The molecular formula is C16H18N6OS. The highest BCUT2D eigenvalue weighted by Crippen LogP contribution is 2.15. The maximum atomic E-state index is 12.2. The van der Waals surface area contributed by atoms with Gasteiger partial charge in [-0.1, -0.05) is 6.07 Å². The Hall–Kier alpha value is -2.61. The number of H-pyrrole nitrogens is 1. The largest absolute Gasteiger partial charge is 0.311 e. The van der Waals surface area contributed by atoms with Crippen LogP contribution in [-0.2, 0) is 11.2 Å². The van der Waals surface area contributed by atoms with E-state index in [1.807, 2.05) is 32.9 Å². The van der Waals surface area contributed by atoms with Crippen molar-refractivity contribution in [3.63, 3.8) is 0 Å². The number of nitrogens with zero attached hydrogens (tertiary/aromatic N) is 4. The van der Waals surface area contributed by atoms with Crippen LogP contribution in [0.4, 0.5) is 5.82 Å². The molecule has 0 aliphatic rings. The molecule has 0 aliphatic carbocycles. The van der Waals surface area contributed by atoms with Crippen LogP contribution >= 0.6 is 12.2 Å². The van der Waals surface area contributed by atoms with Gasteiger partial charge in [0.05, 0.1) is 0 Å². The number of anilines is 1. The van der Waals surface area contributed by atoms with Crippen LogP contribution in [0.2, 0.25) is 0 Å². The lowest BCUT2D eigenvalue weighted by Crippen LogP contribution is -2.15. The number of amides is 1. The summed E-state index contributed by atoms with van der Waals surface area (Å²) in [6.07, 6.45) is 0.928. The highest BCUT2D eigenvalue weighted by atomic mass is 32.1. The van der Waals surface area contributed by atoms with Crippen LogP contribution < -0.4 is 5.32 Å². The molecule has 7 nitrogen and oxygen atoms in total.